The highest BCUT2D eigenvalue weighted by Crippen LogP contribution is 2.23. The topological polar surface area (TPSA) is 30.5 Å². The lowest BCUT2D eigenvalue weighted by Gasteiger charge is -2.21. The predicted octanol–water partition coefficient (Wildman–Crippen LogP) is 1.53. The Kier molecular flexibility index (Phi) is 7.61. The van der Waals surface area contributed by atoms with Gasteiger partial charge in [0.25, 0.3) is 0 Å². The Morgan fingerprint density at radius 1 is 1.31 bits per heavy atom. The molecule has 0 amide bonds. The lowest BCUT2D eigenvalue weighted by molar-refractivity contribution is -0.179. The normalized spacial score (nSPS) is 14.4. The summed E-state index contributed by atoms with van der Waals surface area (Å²) in [7, 11) is 1.38. The molecule has 0 fully saturated rings. The molecule has 0 aromatic carbocycles. The van der Waals surface area contributed by atoms with E-state index < -0.39 is 25.1 Å². The minimum atomic E-state index is -4.11. The van der Waals surface area contributed by atoms with Crippen molar-refractivity contribution in [2.24, 2.45) is 0 Å². The molecule has 0 aliphatic heterocycles. The maximum atomic E-state index is 12.5. The number of ether oxygens (including phenoxy) is 2. The Balaban J connectivity index is 3.99. The fourth-order valence-electron chi connectivity index (χ4n) is 0.949. The van der Waals surface area contributed by atoms with Gasteiger partial charge in [-0.3, -0.25) is 0 Å². The number of hydrogen-bond donors (Lipinski definition) is 1. The lowest BCUT2D eigenvalue weighted by Crippen LogP contribution is -2.39. The van der Waals surface area contributed by atoms with Crippen LogP contribution in [0.4, 0.5) is 17.6 Å². The SMILES string of the molecule is CCNCC(COC)OCC(F)(F)C(F)F. The fraction of sp³-hybridized carbons (Fsp3) is 1.00. The van der Waals surface area contributed by atoms with Gasteiger partial charge in [-0.2, -0.15) is 8.78 Å². The van der Waals surface area contributed by atoms with Gasteiger partial charge in [-0.05, 0) is 6.54 Å². The summed E-state index contributed by atoms with van der Waals surface area (Å²) < 4.78 is 58.1. The van der Waals surface area contributed by atoms with Crippen molar-refractivity contribution in [3.63, 3.8) is 0 Å². The summed E-state index contributed by atoms with van der Waals surface area (Å²) in [6, 6.07) is 0. The van der Waals surface area contributed by atoms with E-state index in [1.54, 1.807) is 0 Å². The molecule has 0 aliphatic carbocycles. The zero-order valence-electron chi connectivity index (χ0n) is 9.31. The molecule has 3 nitrogen and oxygen atoms in total. The summed E-state index contributed by atoms with van der Waals surface area (Å²) in [4.78, 5) is 0. The van der Waals surface area contributed by atoms with Crippen LogP contribution in [0.15, 0.2) is 0 Å². The third kappa shape index (κ3) is 6.24. The molecule has 0 radical (unpaired) electrons. The summed E-state index contributed by atoms with van der Waals surface area (Å²) in [5.41, 5.74) is 0. The van der Waals surface area contributed by atoms with Crippen LogP contribution in [0, 0.1) is 0 Å². The number of methoxy groups -OCH3 is 1. The van der Waals surface area contributed by atoms with E-state index in [1.165, 1.54) is 7.11 Å². The molecule has 0 saturated heterocycles. The van der Waals surface area contributed by atoms with E-state index in [0.717, 1.165) is 0 Å². The quantitative estimate of drug-likeness (QED) is 0.627. The van der Waals surface area contributed by atoms with Crippen molar-refractivity contribution >= 4 is 0 Å². The molecule has 0 aromatic rings. The Morgan fingerprint density at radius 2 is 1.94 bits per heavy atom. The van der Waals surface area contributed by atoms with Gasteiger partial charge in [0.1, 0.15) is 6.61 Å². The Morgan fingerprint density at radius 3 is 2.38 bits per heavy atom. The molecule has 1 unspecified atom stereocenters. The molecule has 0 heterocycles. The van der Waals surface area contributed by atoms with Gasteiger partial charge in [0.05, 0.1) is 12.7 Å². The van der Waals surface area contributed by atoms with E-state index in [0.29, 0.717) is 6.54 Å². The van der Waals surface area contributed by atoms with Gasteiger partial charge >= 0.3 is 12.3 Å². The monoisotopic (exact) mass is 247 g/mol. The van der Waals surface area contributed by atoms with Crippen LogP contribution < -0.4 is 5.32 Å². The zero-order chi connectivity index (χ0) is 12.6. The summed E-state index contributed by atoms with van der Waals surface area (Å²) in [5, 5.41) is 2.86. The van der Waals surface area contributed by atoms with Gasteiger partial charge in [0, 0.05) is 13.7 Å². The van der Waals surface area contributed by atoms with Crippen molar-refractivity contribution in [1.82, 2.24) is 5.32 Å². The second-order valence-electron chi connectivity index (χ2n) is 3.26. The van der Waals surface area contributed by atoms with Gasteiger partial charge in [0.2, 0.25) is 0 Å². The summed E-state index contributed by atoms with van der Waals surface area (Å²) >= 11 is 0. The minimum Gasteiger partial charge on any atom is -0.382 e. The first-order valence-electron chi connectivity index (χ1n) is 4.91. The van der Waals surface area contributed by atoms with Crippen LogP contribution in [0.5, 0.6) is 0 Å². The molecule has 0 bridgehead atoms. The standard InChI is InChI=1S/C9H17F4NO2/c1-3-14-4-7(5-15-2)16-6-9(12,13)8(10)11/h7-8,14H,3-6H2,1-2H3. The number of alkyl halides is 4. The van der Waals surface area contributed by atoms with Crippen molar-refractivity contribution in [1.29, 1.82) is 0 Å². The first kappa shape index (κ1) is 15.6. The zero-order valence-corrected chi connectivity index (χ0v) is 9.31. The lowest BCUT2D eigenvalue weighted by atomic mass is 10.3. The summed E-state index contributed by atoms with van der Waals surface area (Å²) in [5.74, 6) is -4.11. The first-order chi connectivity index (χ1) is 7.44. The average molecular weight is 247 g/mol. The molecule has 1 N–H and O–H groups in total. The van der Waals surface area contributed by atoms with Crippen LogP contribution in [0.25, 0.3) is 0 Å². The maximum Gasteiger partial charge on any atom is 0.330 e. The van der Waals surface area contributed by atoms with Gasteiger partial charge in [-0.1, -0.05) is 6.92 Å². The number of likely N-dealkylation sites (N-methyl/N-ethyl adjacent to an activating group) is 1. The third-order valence-electron chi connectivity index (χ3n) is 1.81. The van der Waals surface area contributed by atoms with E-state index in [9.17, 15) is 17.6 Å². The predicted molar refractivity (Wildman–Crippen MR) is 51.1 cm³/mol. The largest absolute Gasteiger partial charge is 0.382 e. The van der Waals surface area contributed by atoms with E-state index in [-0.39, 0.29) is 13.2 Å². The van der Waals surface area contributed by atoms with E-state index >= 15 is 0 Å². The number of halogens is 4. The Hall–Kier alpha value is -0.400. The van der Waals surface area contributed by atoms with Crippen LogP contribution in [0.2, 0.25) is 0 Å². The molecule has 0 spiro atoms. The van der Waals surface area contributed by atoms with Gasteiger partial charge in [0.15, 0.2) is 0 Å². The van der Waals surface area contributed by atoms with Crippen LogP contribution in [0.3, 0.4) is 0 Å². The molecule has 16 heavy (non-hydrogen) atoms. The van der Waals surface area contributed by atoms with Gasteiger partial charge in [-0.25, -0.2) is 8.78 Å². The summed E-state index contributed by atoms with van der Waals surface area (Å²) in [6.07, 6.45) is -4.37. The average Bonchev–Trinajstić information content (AvgIpc) is 2.22. The van der Waals surface area contributed by atoms with Crippen molar-refractivity contribution in [2.45, 2.75) is 25.4 Å². The van der Waals surface area contributed by atoms with E-state index in [4.69, 9.17) is 9.47 Å². The molecule has 98 valence electrons. The third-order valence-corrected chi connectivity index (χ3v) is 1.81. The molecule has 0 saturated carbocycles. The highest BCUT2D eigenvalue weighted by atomic mass is 19.3. The summed E-state index contributed by atoms with van der Waals surface area (Å²) in [6.45, 7) is 1.52. The fourth-order valence-corrected chi connectivity index (χ4v) is 0.949. The van der Waals surface area contributed by atoms with Crippen molar-refractivity contribution in [3.05, 3.63) is 0 Å². The van der Waals surface area contributed by atoms with Crippen molar-refractivity contribution in [3.8, 4) is 0 Å². The smallest absolute Gasteiger partial charge is 0.330 e. The van der Waals surface area contributed by atoms with Crippen LogP contribution >= 0.6 is 0 Å². The van der Waals surface area contributed by atoms with Crippen LogP contribution in [-0.2, 0) is 9.47 Å². The molecule has 0 rings (SSSR count). The molecule has 0 aliphatic rings. The van der Waals surface area contributed by atoms with Crippen molar-refractivity contribution in [2.75, 3.05) is 33.4 Å². The van der Waals surface area contributed by atoms with Crippen molar-refractivity contribution < 1.29 is 27.0 Å². The number of rotatable bonds is 9. The van der Waals surface area contributed by atoms with Gasteiger partial charge < -0.3 is 14.8 Å². The van der Waals surface area contributed by atoms with E-state index in [2.05, 4.69) is 5.32 Å². The Bertz CT molecular complexity index is 181. The Labute approximate surface area is 92.1 Å². The second-order valence-corrected chi connectivity index (χ2v) is 3.26. The highest BCUT2D eigenvalue weighted by molar-refractivity contribution is 4.70. The molecular weight excluding hydrogens is 230 g/mol. The minimum absolute atomic E-state index is 0.0757. The second kappa shape index (κ2) is 7.81. The van der Waals surface area contributed by atoms with Crippen LogP contribution in [-0.4, -0.2) is 51.9 Å². The molecule has 1 atom stereocenters. The molecule has 7 heteroatoms. The number of nitrogens with one attached hydrogen (secondary N) is 1. The van der Waals surface area contributed by atoms with Gasteiger partial charge in [-0.15, -0.1) is 0 Å². The first-order valence-corrected chi connectivity index (χ1v) is 4.91. The highest BCUT2D eigenvalue weighted by Gasteiger charge is 2.41. The number of hydrogen-bond acceptors (Lipinski definition) is 3. The molecular formula is C9H17F4NO2. The van der Waals surface area contributed by atoms with Crippen LogP contribution in [0.1, 0.15) is 6.92 Å². The maximum absolute atomic E-state index is 12.5. The molecule has 0 aromatic heterocycles. The van der Waals surface area contributed by atoms with E-state index in [1.807, 2.05) is 6.92 Å².